The van der Waals surface area contributed by atoms with Gasteiger partial charge in [-0.25, -0.2) is 23.5 Å². The Hall–Kier alpha value is -1.17. The molecule has 1 heterocycles. The lowest BCUT2D eigenvalue weighted by atomic mass is 10.5. The number of nitriles is 1. The van der Waals surface area contributed by atoms with Crippen LogP contribution in [0.2, 0.25) is 0 Å². The van der Waals surface area contributed by atoms with Crippen molar-refractivity contribution in [1.82, 2.24) is 9.97 Å². The van der Waals surface area contributed by atoms with E-state index in [0.29, 0.717) is 5.16 Å². The molecule has 8 heteroatoms. The van der Waals surface area contributed by atoms with Crippen LogP contribution in [0.25, 0.3) is 0 Å². The maximum absolute atomic E-state index is 10.6. The maximum Gasteiger partial charge on any atom is 0.209 e. The fourth-order valence-electron chi connectivity index (χ4n) is 0.722. The molecule has 0 aromatic carbocycles. The summed E-state index contributed by atoms with van der Waals surface area (Å²) in [5, 5.41) is 13.7. The van der Waals surface area contributed by atoms with Gasteiger partial charge in [-0.2, -0.15) is 5.26 Å². The smallest absolute Gasteiger partial charge is 0.209 e. The third-order valence-corrected chi connectivity index (χ3v) is 3.24. The minimum absolute atomic E-state index is 0.141. The molecule has 0 aliphatic heterocycles. The van der Waals surface area contributed by atoms with Crippen molar-refractivity contribution in [3.05, 3.63) is 18.0 Å². The SMILES string of the molecule is N#Cc1ccnc(SCCS(N)(=O)=O)n1. The number of aromatic nitrogens is 2. The van der Waals surface area contributed by atoms with E-state index in [1.165, 1.54) is 12.3 Å². The van der Waals surface area contributed by atoms with E-state index >= 15 is 0 Å². The molecule has 0 aliphatic rings. The third kappa shape index (κ3) is 4.73. The van der Waals surface area contributed by atoms with E-state index in [-0.39, 0.29) is 17.2 Å². The molecule has 0 unspecified atom stereocenters. The van der Waals surface area contributed by atoms with E-state index in [1.807, 2.05) is 6.07 Å². The number of thioether (sulfide) groups is 1. The molecular weight excluding hydrogens is 236 g/mol. The average Bonchev–Trinajstić information content (AvgIpc) is 2.16. The molecule has 1 aromatic rings. The lowest BCUT2D eigenvalue weighted by molar-refractivity contribution is 0.599. The zero-order valence-corrected chi connectivity index (χ0v) is 9.25. The van der Waals surface area contributed by atoms with Crippen molar-refractivity contribution in [2.75, 3.05) is 11.5 Å². The van der Waals surface area contributed by atoms with Crippen molar-refractivity contribution in [1.29, 1.82) is 5.26 Å². The monoisotopic (exact) mass is 244 g/mol. The summed E-state index contributed by atoms with van der Waals surface area (Å²) in [4.78, 5) is 7.74. The highest BCUT2D eigenvalue weighted by molar-refractivity contribution is 8.00. The van der Waals surface area contributed by atoms with E-state index < -0.39 is 10.0 Å². The van der Waals surface area contributed by atoms with Gasteiger partial charge in [0.2, 0.25) is 10.0 Å². The topological polar surface area (TPSA) is 110 Å². The van der Waals surface area contributed by atoms with Gasteiger partial charge in [0.05, 0.1) is 5.75 Å². The summed E-state index contributed by atoms with van der Waals surface area (Å²) in [7, 11) is -3.45. The Morgan fingerprint density at radius 1 is 1.60 bits per heavy atom. The van der Waals surface area contributed by atoms with Crippen LogP contribution in [-0.2, 0) is 10.0 Å². The second-order valence-corrected chi connectivity index (χ2v) is 5.35. The van der Waals surface area contributed by atoms with Gasteiger partial charge in [-0.05, 0) is 6.07 Å². The van der Waals surface area contributed by atoms with Gasteiger partial charge < -0.3 is 0 Å². The van der Waals surface area contributed by atoms with Crippen LogP contribution in [0.15, 0.2) is 17.4 Å². The van der Waals surface area contributed by atoms with E-state index in [4.69, 9.17) is 10.4 Å². The molecule has 15 heavy (non-hydrogen) atoms. The van der Waals surface area contributed by atoms with Crippen molar-refractivity contribution >= 4 is 21.8 Å². The molecule has 2 N–H and O–H groups in total. The van der Waals surface area contributed by atoms with E-state index in [9.17, 15) is 8.42 Å². The first-order chi connectivity index (χ1) is 7.01. The highest BCUT2D eigenvalue weighted by Gasteiger charge is 2.04. The van der Waals surface area contributed by atoms with Gasteiger partial charge in [-0.15, -0.1) is 0 Å². The molecule has 0 saturated heterocycles. The second-order valence-electron chi connectivity index (χ2n) is 2.55. The summed E-state index contributed by atoms with van der Waals surface area (Å²) in [6, 6.07) is 3.34. The summed E-state index contributed by atoms with van der Waals surface area (Å²) in [5.41, 5.74) is 0.253. The number of hydrogen-bond donors (Lipinski definition) is 1. The molecule has 0 amide bonds. The predicted octanol–water partition coefficient (Wildman–Crippen LogP) is -0.271. The summed E-state index contributed by atoms with van der Waals surface area (Å²) < 4.78 is 21.2. The van der Waals surface area contributed by atoms with E-state index in [1.54, 1.807) is 0 Å². The van der Waals surface area contributed by atoms with Gasteiger partial charge >= 0.3 is 0 Å². The quantitative estimate of drug-likeness (QED) is 0.576. The largest absolute Gasteiger partial charge is 0.231 e. The second kappa shape index (κ2) is 5.06. The van der Waals surface area contributed by atoms with Crippen molar-refractivity contribution in [3.8, 4) is 6.07 Å². The Morgan fingerprint density at radius 3 is 2.93 bits per heavy atom. The molecule has 1 rings (SSSR count). The Kier molecular flexibility index (Phi) is 4.02. The Morgan fingerprint density at radius 2 is 2.33 bits per heavy atom. The molecule has 1 aromatic heterocycles. The van der Waals surface area contributed by atoms with Crippen molar-refractivity contribution in [3.63, 3.8) is 0 Å². The van der Waals surface area contributed by atoms with Crippen LogP contribution >= 0.6 is 11.8 Å². The van der Waals surface area contributed by atoms with Crippen LogP contribution in [0.1, 0.15) is 5.69 Å². The lowest BCUT2D eigenvalue weighted by Gasteiger charge is -1.98. The van der Waals surface area contributed by atoms with Crippen LogP contribution < -0.4 is 5.14 Å². The zero-order chi connectivity index (χ0) is 11.3. The lowest BCUT2D eigenvalue weighted by Crippen LogP contribution is -2.17. The first-order valence-electron chi connectivity index (χ1n) is 3.88. The van der Waals surface area contributed by atoms with Crippen molar-refractivity contribution in [2.24, 2.45) is 5.14 Å². The van der Waals surface area contributed by atoms with E-state index in [0.717, 1.165) is 11.8 Å². The summed E-state index contributed by atoms with van der Waals surface area (Å²) in [5.74, 6) is 0.130. The highest BCUT2D eigenvalue weighted by atomic mass is 32.2. The Labute approximate surface area is 91.6 Å². The minimum atomic E-state index is -3.45. The molecule has 80 valence electrons. The van der Waals surface area contributed by atoms with Crippen LogP contribution in [0.3, 0.4) is 0 Å². The van der Waals surface area contributed by atoms with Crippen LogP contribution in [0.4, 0.5) is 0 Å². The number of rotatable bonds is 4. The molecule has 0 aliphatic carbocycles. The van der Waals surface area contributed by atoms with Crippen LogP contribution in [-0.4, -0.2) is 29.9 Å². The first kappa shape index (κ1) is 11.9. The molecule has 0 fully saturated rings. The summed E-state index contributed by atoms with van der Waals surface area (Å²) in [6.45, 7) is 0. The van der Waals surface area contributed by atoms with Crippen molar-refractivity contribution < 1.29 is 8.42 Å². The number of primary sulfonamides is 1. The molecule has 6 nitrogen and oxygen atoms in total. The standard InChI is InChI=1S/C7H8N4O2S2/c8-5-6-1-2-10-7(11-6)14-3-4-15(9,12)13/h1-2H,3-4H2,(H2,9,12,13). The Balaban J connectivity index is 2.55. The molecular formula is C7H8N4O2S2. The van der Waals surface area contributed by atoms with E-state index in [2.05, 4.69) is 9.97 Å². The van der Waals surface area contributed by atoms with Crippen LogP contribution in [0, 0.1) is 11.3 Å². The molecule has 0 bridgehead atoms. The average molecular weight is 244 g/mol. The highest BCUT2D eigenvalue weighted by Crippen LogP contribution is 2.11. The normalized spacial score (nSPS) is 10.9. The molecule has 0 saturated carbocycles. The fourth-order valence-corrected chi connectivity index (χ4v) is 2.47. The van der Waals surface area contributed by atoms with Gasteiger partial charge in [-0.3, -0.25) is 0 Å². The number of sulfonamides is 1. The van der Waals surface area contributed by atoms with Crippen LogP contribution in [0.5, 0.6) is 0 Å². The minimum Gasteiger partial charge on any atom is -0.231 e. The predicted molar refractivity (Wildman–Crippen MR) is 55.4 cm³/mol. The number of hydrogen-bond acceptors (Lipinski definition) is 6. The maximum atomic E-state index is 10.6. The molecule has 0 atom stereocenters. The van der Waals surface area contributed by atoms with Gasteiger partial charge in [0.25, 0.3) is 0 Å². The van der Waals surface area contributed by atoms with Crippen molar-refractivity contribution in [2.45, 2.75) is 5.16 Å². The molecule has 0 spiro atoms. The molecule has 0 radical (unpaired) electrons. The zero-order valence-electron chi connectivity index (χ0n) is 7.62. The Bertz CT molecular complexity index is 480. The first-order valence-corrected chi connectivity index (χ1v) is 6.58. The summed E-state index contributed by atoms with van der Waals surface area (Å²) in [6.07, 6.45) is 1.45. The number of nitrogens with zero attached hydrogens (tertiary/aromatic N) is 3. The van der Waals surface area contributed by atoms with Gasteiger partial charge in [0, 0.05) is 11.9 Å². The van der Waals surface area contributed by atoms with Gasteiger partial charge in [0.1, 0.15) is 11.8 Å². The number of nitrogens with two attached hydrogens (primary N) is 1. The summed E-state index contributed by atoms with van der Waals surface area (Å²) >= 11 is 1.14. The van der Waals surface area contributed by atoms with Gasteiger partial charge in [-0.1, -0.05) is 11.8 Å². The third-order valence-electron chi connectivity index (χ3n) is 1.35. The fraction of sp³-hybridized carbons (Fsp3) is 0.286. The van der Waals surface area contributed by atoms with Gasteiger partial charge in [0.15, 0.2) is 5.16 Å².